The van der Waals surface area contributed by atoms with Crippen LogP contribution in [0.25, 0.3) is 27.5 Å². The Balaban J connectivity index is 1.32. The van der Waals surface area contributed by atoms with E-state index in [2.05, 4.69) is 133 Å². The Morgan fingerprint density at radius 2 is 1.32 bits per heavy atom. The van der Waals surface area contributed by atoms with E-state index < -0.39 is 0 Å². The first-order chi connectivity index (χ1) is 16.8. The van der Waals surface area contributed by atoms with Crippen molar-refractivity contribution < 1.29 is 0 Å². The maximum absolute atomic E-state index is 4.07. The SMILES string of the molecule is C=C1/C=C\C=C/C/C=C(c2ccc(Nc3ccc(-c4cccc5ccccc45)cc3)cc2)\C=C/1. The van der Waals surface area contributed by atoms with Gasteiger partial charge in [0.05, 0.1) is 0 Å². The van der Waals surface area contributed by atoms with Crippen molar-refractivity contribution in [2.24, 2.45) is 0 Å². The van der Waals surface area contributed by atoms with Crippen LogP contribution in [0.5, 0.6) is 0 Å². The van der Waals surface area contributed by atoms with Crippen molar-refractivity contribution >= 4 is 27.7 Å². The van der Waals surface area contributed by atoms with E-state index in [0.29, 0.717) is 0 Å². The fraction of sp³-hybridized carbons (Fsp3) is 0.0303. The predicted molar refractivity (Wildman–Crippen MR) is 148 cm³/mol. The number of rotatable bonds is 4. The Bertz CT molecular complexity index is 1420. The second-order valence-corrected chi connectivity index (χ2v) is 8.40. The topological polar surface area (TPSA) is 12.0 Å². The van der Waals surface area contributed by atoms with E-state index in [1.165, 1.54) is 33.0 Å². The quantitative estimate of drug-likeness (QED) is 0.335. The zero-order valence-corrected chi connectivity index (χ0v) is 19.1. The number of allylic oxidation sites excluding steroid dienone is 9. The molecule has 164 valence electrons. The molecule has 0 amide bonds. The van der Waals surface area contributed by atoms with Gasteiger partial charge in [0.15, 0.2) is 0 Å². The molecule has 0 aromatic heterocycles. The molecule has 0 saturated heterocycles. The van der Waals surface area contributed by atoms with Crippen LogP contribution in [0.4, 0.5) is 11.4 Å². The molecule has 0 unspecified atom stereocenters. The van der Waals surface area contributed by atoms with Crippen molar-refractivity contribution in [3.05, 3.63) is 151 Å². The standard InChI is InChI=1S/C33H27N/c1-25-9-4-2-3-5-10-26(16-15-25)27-17-21-30(22-18-27)34-31-23-19-29(20-24-31)33-14-8-12-28-11-6-7-13-32(28)33/h2-4,6-24,34H,1,5H2/b3-2-,9-4-,16-15-,26-10+. The Morgan fingerprint density at radius 1 is 0.618 bits per heavy atom. The van der Waals surface area contributed by atoms with Crippen LogP contribution < -0.4 is 5.32 Å². The predicted octanol–water partition coefficient (Wildman–Crippen LogP) is 9.26. The molecule has 1 aliphatic carbocycles. The summed E-state index contributed by atoms with van der Waals surface area (Å²) in [4.78, 5) is 0. The van der Waals surface area contributed by atoms with Crippen molar-refractivity contribution in [1.82, 2.24) is 0 Å². The van der Waals surface area contributed by atoms with Gasteiger partial charge in [-0.1, -0.05) is 116 Å². The summed E-state index contributed by atoms with van der Waals surface area (Å²) in [6.45, 7) is 4.07. The molecule has 1 nitrogen and oxygen atoms in total. The van der Waals surface area contributed by atoms with Gasteiger partial charge in [-0.25, -0.2) is 0 Å². The lowest BCUT2D eigenvalue weighted by Gasteiger charge is -2.11. The minimum Gasteiger partial charge on any atom is -0.356 e. The van der Waals surface area contributed by atoms with Crippen molar-refractivity contribution in [2.45, 2.75) is 6.42 Å². The second kappa shape index (κ2) is 10.1. The number of hydrogen-bond acceptors (Lipinski definition) is 1. The molecule has 1 N–H and O–H groups in total. The molecule has 0 fully saturated rings. The highest BCUT2D eigenvalue weighted by molar-refractivity contribution is 5.96. The molecule has 1 heteroatoms. The summed E-state index contributed by atoms with van der Waals surface area (Å²) in [7, 11) is 0. The number of anilines is 2. The lowest BCUT2D eigenvalue weighted by molar-refractivity contribution is 1.39. The summed E-state index contributed by atoms with van der Waals surface area (Å²) in [5.74, 6) is 0. The van der Waals surface area contributed by atoms with E-state index >= 15 is 0 Å². The van der Waals surface area contributed by atoms with Gasteiger partial charge >= 0.3 is 0 Å². The summed E-state index contributed by atoms with van der Waals surface area (Å²) >= 11 is 0. The monoisotopic (exact) mass is 437 g/mol. The maximum Gasteiger partial charge on any atom is 0.0384 e. The molecule has 0 aliphatic heterocycles. The van der Waals surface area contributed by atoms with Gasteiger partial charge in [0, 0.05) is 11.4 Å². The van der Waals surface area contributed by atoms with Crippen LogP contribution in [0.1, 0.15) is 12.0 Å². The van der Waals surface area contributed by atoms with E-state index in [1.807, 2.05) is 12.2 Å². The van der Waals surface area contributed by atoms with Gasteiger partial charge in [-0.15, -0.1) is 0 Å². The summed E-state index contributed by atoms with van der Waals surface area (Å²) in [5, 5.41) is 6.07. The van der Waals surface area contributed by atoms with Crippen molar-refractivity contribution in [1.29, 1.82) is 0 Å². The van der Waals surface area contributed by atoms with Gasteiger partial charge in [-0.3, -0.25) is 0 Å². The van der Waals surface area contributed by atoms with Gasteiger partial charge < -0.3 is 5.32 Å². The molecule has 0 atom stereocenters. The van der Waals surface area contributed by atoms with Crippen LogP contribution in [-0.4, -0.2) is 0 Å². The van der Waals surface area contributed by atoms with Crippen molar-refractivity contribution in [3.8, 4) is 11.1 Å². The summed E-state index contributed by atoms with van der Waals surface area (Å²) in [6.07, 6.45) is 15.6. The summed E-state index contributed by atoms with van der Waals surface area (Å²) < 4.78 is 0. The lowest BCUT2D eigenvalue weighted by Crippen LogP contribution is -1.91. The van der Waals surface area contributed by atoms with E-state index in [-0.39, 0.29) is 0 Å². The zero-order chi connectivity index (χ0) is 23.2. The van der Waals surface area contributed by atoms with Gasteiger partial charge in [0.2, 0.25) is 0 Å². The maximum atomic E-state index is 4.07. The number of benzene rings is 4. The van der Waals surface area contributed by atoms with Crippen LogP contribution >= 0.6 is 0 Å². The van der Waals surface area contributed by atoms with Gasteiger partial charge in [0.1, 0.15) is 0 Å². The van der Waals surface area contributed by atoms with Crippen LogP contribution in [0, 0.1) is 0 Å². The van der Waals surface area contributed by atoms with Crippen LogP contribution in [0.3, 0.4) is 0 Å². The smallest absolute Gasteiger partial charge is 0.0384 e. The third-order valence-corrected chi connectivity index (χ3v) is 6.00. The molecule has 0 bridgehead atoms. The first kappa shape index (κ1) is 21.5. The number of nitrogens with one attached hydrogen (secondary N) is 1. The first-order valence-corrected chi connectivity index (χ1v) is 11.6. The Morgan fingerprint density at radius 3 is 2.12 bits per heavy atom. The van der Waals surface area contributed by atoms with Gasteiger partial charge in [-0.2, -0.15) is 0 Å². The molecular weight excluding hydrogens is 410 g/mol. The molecule has 4 aromatic carbocycles. The van der Waals surface area contributed by atoms with Crippen LogP contribution in [0.2, 0.25) is 0 Å². The fourth-order valence-corrected chi connectivity index (χ4v) is 4.19. The Hall–Kier alpha value is -4.36. The molecule has 0 radical (unpaired) electrons. The summed E-state index contributed by atoms with van der Waals surface area (Å²) in [6, 6.07) is 32.2. The highest BCUT2D eigenvalue weighted by Gasteiger charge is 2.04. The highest BCUT2D eigenvalue weighted by Crippen LogP contribution is 2.30. The van der Waals surface area contributed by atoms with E-state index in [4.69, 9.17) is 0 Å². The van der Waals surface area contributed by atoms with E-state index in [1.54, 1.807) is 0 Å². The zero-order valence-electron chi connectivity index (χ0n) is 19.1. The van der Waals surface area contributed by atoms with Crippen molar-refractivity contribution in [3.63, 3.8) is 0 Å². The van der Waals surface area contributed by atoms with Crippen LogP contribution in [-0.2, 0) is 0 Å². The number of hydrogen-bond donors (Lipinski definition) is 1. The fourth-order valence-electron chi connectivity index (χ4n) is 4.19. The number of fused-ring (bicyclic) bond motifs is 1. The minimum atomic E-state index is 0.902. The average molecular weight is 438 g/mol. The first-order valence-electron chi connectivity index (χ1n) is 11.6. The van der Waals surface area contributed by atoms with E-state index in [9.17, 15) is 0 Å². The minimum absolute atomic E-state index is 0.902. The molecular formula is C33H27N. The molecule has 0 spiro atoms. The molecule has 0 saturated carbocycles. The molecule has 34 heavy (non-hydrogen) atoms. The average Bonchev–Trinajstić information content (AvgIpc) is 2.89. The molecule has 4 aromatic rings. The van der Waals surface area contributed by atoms with E-state index in [0.717, 1.165) is 23.4 Å². The third kappa shape index (κ3) is 5.00. The molecule has 5 rings (SSSR count). The van der Waals surface area contributed by atoms with Crippen LogP contribution in [0.15, 0.2) is 146 Å². The largest absolute Gasteiger partial charge is 0.356 e. The molecule has 0 heterocycles. The highest BCUT2D eigenvalue weighted by atomic mass is 14.9. The summed E-state index contributed by atoms with van der Waals surface area (Å²) in [5.41, 5.74) is 8.00. The lowest BCUT2D eigenvalue weighted by atomic mass is 9.98. The Kier molecular flexibility index (Phi) is 6.36. The Labute approximate surface area is 201 Å². The molecule has 1 aliphatic rings. The normalized spacial score (nSPS) is 18.0. The third-order valence-electron chi connectivity index (χ3n) is 6.00. The van der Waals surface area contributed by atoms with Gasteiger partial charge in [0.25, 0.3) is 0 Å². The van der Waals surface area contributed by atoms with Crippen molar-refractivity contribution in [2.75, 3.05) is 5.32 Å². The van der Waals surface area contributed by atoms with Gasteiger partial charge in [-0.05, 0) is 69.3 Å². The second-order valence-electron chi connectivity index (χ2n) is 8.40.